The molecule has 1 saturated heterocycles. The molecule has 0 unspecified atom stereocenters. The lowest BCUT2D eigenvalue weighted by molar-refractivity contribution is -0.123. The van der Waals surface area contributed by atoms with Crippen LogP contribution in [0.5, 0.6) is 5.75 Å². The normalized spacial score (nSPS) is 19.4. The Bertz CT molecular complexity index is 1650. The molecule has 0 N–H and O–H groups in total. The van der Waals surface area contributed by atoms with Gasteiger partial charge in [0.15, 0.2) is 17.3 Å². The number of pyridine rings is 1. The van der Waals surface area contributed by atoms with Crippen LogP contribution in [0, 0.1) is 11.6 Å². The Morgan fingerprint density at radius 2 is 1.88 bits per heavy atom. The number of thioether (sulfide) groups is 1. The first-order chi connectivity index (χ1) is 19.8. The van der Waals surface area contributed by atoms with Gasteiger partial charge in [0.25, 0.3) is 5.91 Å². The number of fused-ring (bicyclic) bond motifs is 4. The molecule has 212 valence electrons. The number of Topliss-reactive ketones (excluding diaryl/α,β-unsaturated/α-hetero) is 1. The van der Waals surface area contributed by atoms with Crippen molar-refractivity contribution < 1.29 is 37.4 Å². The number of ether oxygens (including phenoxy) is 3. The van der Waals surface area contributed by atoms with Crippen LogP contribution < -0.4 is 15.2 Å². The summed E-state index contributed by atoms with van der Waals surface area (Å²) in [6.45, 7) is -0.627. The second-order valence-electron chi connectivity index (χ2n) is 9.57. The van der Waals surface area contributed by atoms with Crippen LogP contribution in [0.2, 0.25) is 0 Å². The van der Waals surface area contributed by atoms with E-state index in [4.69, 9.17) is 9.47 Å². The molecule has 1 amide bonds. The minimum atomic E-state index is -1.05. The lowest BCUT2D eigenvalue weighted by atomic mass is 9.92. The highest BCUT2D eigenvalue weighted by molar-refractivity contribution is 7.98. The van der Waals surface area contributed by atoms with Crippen molar-refractivity contribution in [3.63, 3.8) is 0 Å². The van der Waals surface area contributed by atoms with Crippen molar-refractivity contribution in [2.45, 2.75) is 35.7 Å². The molecule has 1 aromatic heterocycles. The summed E-state index contributed by atoms with van der Waals surface area (Å²) < 4.78 is 45.9. The third-order valence-electron chi connectivity index (χ3n) is 7.38. The van der Waals surface area contributed by atoms with Crippen LogP contribution in [0.4, 0.5) is 13.6 Å². The lowest BCUT2D eigenvalue weighted by Crippen LogP contribution is -2.65. The number of hydrogen-bond acceptors (Lipinski definition) is 9. The van der Waals surface area contributed by atoms with Gasteiger partial charge < -0.3 is 19.1 Å². The Morgan fingerprint density at radius 3 is 2.68 bits per heavy atom. The molecule has 10 nitrogen and oxygen atoms in total. The van der Waals surface area contributed by atoms with E-state index < -0.39 is 48.1 Å². The van der Waals surface area contributed by atoms with Gasteiger partial charge in [-0.3, -0.25) is 24.1 Å². The van der Waals surface area contributed by atoms with Crippen LogP contribution in [0.1, 0.15) is 46.1 Å². The minimum Gasteiger partial charge on any atom is -0.451 e. The van der Waals surface area contributed by atoms with E-state index in [1.54, 1.807) is 5.01 Å². The maximum atomic E-state index is 15.3. The number of methoxy groups -OCH3 is 1. The van der Waals surface area contributed by atoms with Crippen molar-refractivity contribution in [2.24, 2.45) is 0 Å². The van der Waals surface area contributed by atoms with Gasteiger partial charge in [-0.25, -0.2) is 13.6 Å². The van der Waals surface area contributed by atoms with E-state index in [0.717, 1.165) is 23.6 Å². The van der Waals surface area contributed by atoms with Crippen LogP contribution in [0.25, 0.3) is 0 Å². The van der Waals surface area contributed by atoms with Gasteiger partial charge in [0, 0.05) is 47.9 Å². The fraction of sp³-hybridized carbons (Fsp3) is 0.286. The van der Waals surface area contributed by atoms with Gasteiger partial charge >= 0.3 is 6.16 Å². The SMILES string of the molecule is COC(=O)OCOc1c2n(ccc1=O)N([C@@H]1c3ccccc3SCc3c1ccc(F)c3F)[C@@H]1CC(=O)CCN1C2=O. The van der Waals surface area contributed by atoms with E-state index in [1.165, 1.54) is 39.7 Å². The van der Waals surface area contributed by atoms with Crippen LogP contribution in [0.3, 0.4) is 0 Å². The Labute approximate surface area is 236 Å². The van der Waals surface area contributed by atoms with Crippen molar-refractivity contribution in [3.8, 4) is 5.75 Å². The molecule has 4 heterocycles. The lowest BCUT2D eigenvalue weighted by Gasteiger charge is -2.51. The van der Waals surface area contributed by atoms with E-state index in [1.807, 2.05) is 24.3 Å². The van der Waals surface area contributed by atoms with Crippen molar-refractivity contribution in [3.05, 3.63) is 92.9 Å². The Morgan fingerprint density at radius 1 is 1.07 bits per heavy atom. The molecule has 13 heteroatoms. The fourth-order valence-corrected chi connectivity index (χ4v) is 6.66. The van der Waals surface area contributed by atoms with Gasteiger partial charge in [-0.15, -0.1) is 11.8 Å². The number of carbonyl (C=O) groups excluding carboxylic acids is 3. The minimum absolute atomic E-state index is 0.0240. The summed E-state index contributed by atoms with van der Waals surface area (Å²) in [7, 11) is 1.11. The highest BCUT2D eigenvalue weighted by Crippen LogP contribution is 2.45. The van der Waals surface area contributed by atoms with Gasteiger partial charge in [-0.05, 0) is 23.3 Å². The summed E-state index contributed by atoms with van der Waals surface area (Å²) in [5.41, 5.74) is 0.558. The summed E-state index contributed by atoms with van der Waals surface area (Å²) in [6.07, 6.45) is -0.373. The zero-order chi connectivity index (χ0) is 28.8. The predicted octanol–water partition coefficient (Wildman–Crippen LogP) is 3.72. The molecule has 41 heavy (non-hydrogen) atoms. The monoisotopic (exact) mass is 583 g/mol. The molecule has 6 rings (SSSR count). The van der Waals surface area contributed by atoms with Crippen molar-refractivity contribution in [2.75, 3.05) is 25.5 Å². The number of nitrogens with zero attached hydrogens (tertiary/aromatic N) is 3. The molecule has 1 fully saturated rings. The quantitative estimate of drug-likeness (QED) is 0.336. The second kappa shape index (κ2) is 10.5. The molecule has 0 radical (unpaired) electrons. The number of carbonyl (C=O) groups is 3. The molecule has 0 aliphatic carbocycles. The largest absolute Gasteiger partial charge is 0.510 e. The Hall–Kier alpha value is -4.39. The fourth-order valence-electron chi connectivity index (χ4n) is 5.54. The molecule has 0 bridgehead atoms. The summed E-state index contributed by atoms with van der Waals surface area (Å²) in [4.78, 5) is 53.3. The van der Waals surface area contributed by atoms with E-state index in [-0.39, 0.29) is 47.9 Å². The summed E-state index contributed by atoms with van der Waals surface area (Å²) in [6, 6.07) is 10.3. The first-order valence-electron chi connectivity index (χ1n) is 12.7. The zero-order valence-corrected chi connectivity index (χ0v) is 22.5. The van der Waals surface area contributed by atoms with Gasteiger partial charge in [0.2, 0.25) is 18.0 Å². The number of halogens is 2. The smallest absolute Gasteiger partial charge is 0.451 e. The van der Waals surface area contributed by atoms with Crippen molar-refractivity contribution >= 4 is 29.6 Å². The molecule has 3 aromatic rings. The molecular weight excluding hydrogens is 560 g/mol. The first-order valence-corrected chi connectivity index (χ1v) is 13.7. The summed E-state index contributed by atoms with van der Waals surface area (Å²) >= 11 is 1.35. The van der Waals surface area contributed by atoms with Gasteiger partial charge in [0.1, 0.15) is 11.9 Å². The first kappa shape index (κ1) is 26.8. The average Bonchev–Trinajstić information content (AvgIpc) is 3.13. The highest BCUT2D eigenvalue weighted by Gasteiger charge is 2.47. The van der Waals surface area contributed by atoms with E-state index in [2.05, 4.69) is 4.74 Å². The molecule has 2 aromatic carbocycles. The van der Waals surface area contributed by atoms with Gasteiger partial charge in [-0.2, -0.15) is 0 Å². The van der Waals surface area contributed by atoms with Crippen molar-refractivity contribution in [1.82, 2.24) is 9.58 Å². The number of amides is 1. The number of ketones is 1. The van der Waals surface area contributed by atoms with Crippen LogP contribution in [-0.2, 0) is 20.0 Å². The standard InChI is InChI=1S/C28H23F2N3O7S/c1-38-28(37)40-14-39-26-20(35)9-11-32-25(26)27(36)31-10-8-15(34)12-22(31)33(32)24-16-6-7-19(29)23(30)18(16)13-41-21-5-3-2-4-17(21)24/h2-7,9,11,22,24H,8,10,12-14H2,1H3/t22-,24+/m1/s1. The number of hydrogen-bond donors (Lipinski definition) is 0. The summed E-state index contributed by atoms with van der Waals surface area (Å²) in [5, 5.41) is 1.74. The third-order valence-corrected chi connectivity index (χ3v) is 8.49. The topological polar surface area (TPSA) is 107 Å². The second-order valence-corrected chi connectivity index (χ2v) is 10.6. The van der Waals surface area contributed by atoms with Crippen molar-refractivity contribution in [1.29, 1.82) is 0 Å². The molecule has 3 aliphatic heterocycles. The van der Waals surface area contributed by atoms with Gasteiger partial charge in [-0.1, -0.05) is 24.3 Å². The maximum absolute atomic E-state index is 15.3. The molecule has 0 spiro atoms. The molecule has 0 saturated carbocycles. The van der Waals surface area contributed by atoms with E-state index in [0.29, 0.717) is 5.56 Å². The Balaban J connectivity index is 1.59. The predicted molar refractivity (Wildman–Crippen MR) is 141 cm³/mol. The number of benzene rings is 2. The maximum Gasteiger partial charge on any atom is 0.510 e. The number of rotatable bonds is 4. The van der Waals surface area contributed by atoms with E-state index >= 15 is 4.39 Å². The average molecular weight is 584 g/mol. The van der Waals surface area contributed by atoms with Gasteiger partial charge in [0.05, 0.1) is 13.2 Å². The van der Waals surface area contributed by atoms with E-state index in [9.17, 15) is 23.6 Å². The third kappa shape index (κ3) is 4.49. The molecule has 3 aliphatic rings. The highest BCUT2D eigenvalue weighted by atomic mass is 32.2. The summed E-state index contributed by atoms with van der Waals surface area (Å²) in [5.74, 6) is -2.81. The number of aromatic nitrogens is 1. The molecule has 2 atom stereocenters. The van der Waals surface area contributed by atoms with Crippen LogP contribution >= 0.6 is 11.8 Å². The Kier molecular flexibility index (Phi) is 6.89. The molecular formula is C28H23F2N3O7S. The number of piperidine rings is 1. The van der Waals surface area contributed by atoms with Crippen LogP contribution in [0.15, 0.2) is 58.4 Å². The zero-order valence-electron chi connectivity index (χ0n) is 21.7. The van der Waals surface area contributed by atoms with Crippen LogP contribution in [-0.4, -0.2) is 54.0 Å².